The molecule has 2 rings (SSSR count). The van der Waals surface area contributed by atoms with Crippen LogP contribution < -0.4 is 10.6 Å². The minimum atomic E-state index is -1.02. The molecule has 110 valence electrons. The quantitative estimate of drug-likeness (QED) is 0.716. The summed E-state index contributed by atoms with van der Waals surface area (Å²) < 4.78 is 1.85. The number of hydrogen-bond donors (Lipinski definition) is 3. The smallest absolute Gasteiger partial charge is 0.335 e. The van der Waals surface area contributed by atoms with Gasteiger partial charge >= 0.3 is 12.0 Å². The SMILES string of the molecule is O=C(NCCn1ccnc1)NCc1cc(C(=O)O)ccn1. The van der Waals surface area contributed by atoms with E-state index in [2.05, 4.69) is 20.6 Å². The molecule has 2 heterocycles. The highest BCUT2D eigenvalue weighted by molar-refractivity contribution is 5.87. The predicted octanol–water partition coefficient (Wildman–Crippen LogP) is 0.476. The number of hydrogen-bond acceptors (Lipinski definition) is 4. The molecule has 2 amide bonds. The molecule has 21 heavy (non-hydrogen) atoms. The summed E-state index contributed by atoms with van der Waals surface area (Å²) in [6.45, 7) is 1.25. The van der Waals surface area contributed by atoms with Gasteiger partial charge in [-0.2, -0.15) is 0 Å². The van der Waals surface area contributed by atoms with Gasteiger partial charge in [0.05, 0.1) is 24.1 Å². The van der Waals surface area contributed by atoms with Crippen LogP contribution in [0.5, 0.6) is 0 Å². The summed E-state index contributed by atoms with van der Waals surface area (Å²) in [6.07, 6.45) is 6.54. The molecular formula is C13H15N5O3. The first-order chi connectivity index (χ1) is 10.1. The molecule has 3 N–H and O–H groups in total. The summed E-state index contributed by atoms with van der Waals surface area (Å²) in [7, 11) is 0. The Bertz CT molecular complexity index is 612. The highest BCUT2D eigenvalue weighted by Crippen LogP contribution is 2.01. The predicted molar refractivity (Wildman–Crippen MR) is 73.7 cm³/mol. The van der Waals surface area contributed by atoms with Gasteiger partial charge in [0, 0.05) is 31.7 Å². The maximum Gasteiger partial charge on any atom is 0.335 e. The minimum absolute atomic E-state index is 0.141. The largest absolute Gasteiger partial charge is 0.478 e. The van der Waals surface area contributed by atoms with Crippen molar-refractivity contribution in [1.82, 2.24) is 25.2 Å². The first kappa shape index (κ1) is 14.5. The Morgan fingerprint density at radius 2 is 2.14 bits per heavy atom. The fraction of sp³-hybridized carbons (Fsp3) is 0.231. The molecule has 0 aromatic carbocycles. The summed E-state index contributed by atoms with van der Waals surface area (Å²) in [5.41, 5.74) is 0.627. The van der Waals surface area contributed by atoms with Gasteiger partial charge in [-0.1, -0.05) is 0 Å². The van der Waals surface area contributed by atoms with Crippen molar-refractivity contribution in [3.63, 3.8) is 0 Å². The van der Waals surface area contributed by atoms with Crippen molar-refractivity contribution in [3.05, 3.63) is 48.3 Å². The Balaban J connectivity index is 1.73. The third kappa shape index (κ3) is 4.60. The number of pyridine rings is 1. The molecule has 0 bridgehead atoms. The van der Waals surface area contributed by atoms with Crippen molar-refractivity contribution in [2.75, 3.05) is 6.54 Å². The van der Waals surface area contributed by atoms with Crippen LogP contribution in [0.25, 0.3) is 0 Å². The highest BCUT2D eigenvalue weighted by atomic mass is 16.4. The number of carboxylic acids is 1. The van der Waals surface area contributed by atoms with Gasteiger partial charge in [0.1, 0.15) is 0 Å². The van der Waals surface area contributed by atoms with Crippen LogP contribution in [0.2, 0.25) is 0 Å². The number of carboxylic acid groups (broad SMARTS) is 1. The summed E-state index contributed by atoms with van der Waals surface area (Å²) in [6, 6.07) is 2.49. The molecule has 0 radical (unpaired) electrons. The van der Waals surface area contributed by atoms with E-state index in [0.717, 1.165) is 0 Å². The number of nitrogens with zero attached hydrogens (tertiary/aromatic N) is 3. The fourth-order valence-electron chi connectivity index (χ4n) is 1.66. The fourth-order valence-corrected chi connectivity index (χ4v) is 1.66. The first-order valence-corrected chi connectivity index (χ1v) is 6.31. The van der Waals surface area contributed by atoms with Gasteiger partial charge in [-0.25, -0.2) is 14.6 Å². The molecular weight excluding hydrogens is 274 g/mol. The van der Waals surface area contributed by atoms with Gasteiger partial charge in [0.15, 0.2) is 0 Å². The Labute approximate surface area is 120 Å². The third-order valence-electron chi connectivity index (χ3n) is 2.71. The number of aromatic carboxylic acids is 1. The van der Waals surface area contributed by atoms with Crippen LogP contribution in [0.3, 0.4) is 0 Å². The van der Waals surface area contributed by atoms with Crippen molar-refractivity contribution in [2.45, 2.75) is 13.1 Å². The van der Waals surface area contributed by atoms with E-state index < -0.39 is 5.97 Å². The molecule has 0 aliphatic carbocycles. The molecule has 0 saturated heterocycles. The van der Waals surface area contributed by atoms with Crippen LogP contribution in [0.1, 0.15) is 16.1 Å². The van der Waals surface area contributed by atoms with E-state index in [4.69, 9.17) is 5.11 Å². The average Bonchev–Trinajstić information content (AvgIpc) is 2.99. The van der Waals surface area contributed by atoms with Crippen molar-refractivity contribution in [1.29, 1.82) is 0 Å². The second-order valence-corrected chi connectivity index (χ2v) is 4.25. The van der Waals surface area contributed by atoms with Gasteiger partial charge < -0.3 is 20.3 Å². The Kier molecular flexibility index (Phi) is 4.86. The van der Waals surface area contributed by atoms with Gasteiger partial charge in [-0.3, -0.25) is 4.98 Å². The van der Waals surface area contributed by atoms with Crippen molar-refractivity contribution in [3.8, 4) is 0 Å². The van der Waals surface area contributed by atoms with E-state index in [0.29, 0.717) is 18.8 Å². The molecule has 0 spiro atoms. The zero-order valence-electron chi connectivity index (χ0n) is 11.2. The van der Waals surface area contributed by atoms with E-state index in [1.54, 1.807) is 18.7 Å². The molecule has 8 nitrogen and oxygen atoms in total. The van der Waals surface area contributed by atoms with Crippen LogP contribution in [0, 0.1) is 0 Å². The van der Waals surface area contributed by atoms with Crippen molar-refractivity contribution in [2.24, 2.45) is 0 Å². The summed E-state index contributed by atoms with van der Waals surface area (Å²) in [4.78, 5) is 30.3. The van der Waals surface area contributed by atoms with E-state index in [1.165, 1.54) is 18.3 Å². The number of urea groups is 1. The molecule has 0 unspecified atom stereocenters. The summed E-state index contributed by atoms with van der Waals surface area (Å²) >= 11 is 0. The first-order valence-electron chi connectivity index (χ1n) is 6.31. The Hall–Kier alpha value is -2.90. The lowest BCUT2D eigenvalue weighted by atomic mass is 10.2. The molecule has 8 heteroatoms. The topological polar surface area (TPSA) is 109 Å². The normalized spacial score (nSPS) is 10.1. The maximum absolute atomic E-state index is 11.6. The molecule has 0 atom stereocenters. The summed E-state index contributed by atoms with van der Waals surface area (Å²) in [5.74, 6) is -1.02. The number of imidazole rings is 1. The number of carbonyl (C=O) groups excluding carboxylic acids is 1. The third-order valence-corrected chi connectivity index (χ3v) is 2.71. The Morgan fingerprint density at radius 3 is 2.86 bits per heavy atom. The van der Waals surface area contributed by atoms with Gasteiger partial charge in [-0.05, 0) is 12.1 Å². The van der Waals surface area contributed by atoms with E-state index in [9.17, 15) is 9.59 Å². The van der Waals surface area contributed by atoms with Crippen LogP contribution >= 0.6 is 0 Å². The monoisotopic (exact) mass is 289 g/mol. The zero-order chi connectivity index (χ0) is 15.1. The lowest BCUT2D eigenvalue weighted by Gasteiger charge is -2.08. The van der Waals surface area contributed by atoms with Crippen LogP contribution in [-0.4, -0.2) is 38.2 Å². The number of nitrogens with one attached hydrogen (secondary N) is 2. The number of carbonyl (C=O) groups is 2. The number of amides is 2. The van der Waals surface area contributed by atoms with Crippen LogP contribution in [0.4, 0.5) is 4.79 Å². The molecule has 0 aliphatic rings. The molecule has 0 aliphatic heterocycles. The number of rotatable bonds is 6. The van der Waals surface area contributed by atoms with E-state index >= 15 is 0 Å². The lowest BCUT2D eigenvalue weighted by Crippen LogP contribution is -2.36. The molecule has 0 saturated carbocycles. The second kappa shape index (κ2) is 7.04. The van der Waals surface area contributed by atoms with Gasteiger partial charge in [0.2, 0.25) is 0 Å². The molecule has 2 aromatic heterocycles. The lowest BCUT2D eigenvalue weighted by molar-refractivity contribution is 0.0696. The van der Waals surface area contributed by atoms with E-state index in [-0.39, 0.29) is 18.1 Å². The maximum atomic E-state index is 11.6. The van der Waals surface area contributed by atoms with Crippen LogP contribution in [0.15, 0.2) is 37.1 Å². The van der Waals surface area contributed by atoms with Crippen molar-refractivity contribution >= 4 is 12.0 Å². The Morgan fingerprint density at radius 1 is 1.29 bits per heavy atom. The van der Waals surface area contributed by atoms with Gasteiger partial charge in [0.25, 0.3) is 0 Å². The standard InChI is InChI=1S/C13H15N5O3/c19-12(20)10-1-2-15-11(7-10)8-17-13(21)16-4-6-18-5-3-14-9-18/h1-3,5,7,9H,4,6,8H2,(H,19,20)(H2,16,17,21). The number of aromatic nitrogens is 3. The average molecular weight is 289 g/mol. The molecule has 2 aromatic rings. The summed E-state index contributed by atoms with van der Waals surface area (Å²) in [5, 5.41) is 14.2. The second-order valence-electron chi connectivity index (χ2n) is 4.25. The minimum Gasteiger partial charge on any atom is -0.478 e. The van der Waals surface area contributed by atoms with E-state index in [1.807, 2.05) is 4.57 Å². The zero-order valence-corrected chi connectivity index (χ0v) is 11.2. The van der Waals surface area contributed by atoms with Gasteiger partial charge in [-0.15, -0.1) is 0 Å². The molecule has 0 fully saturated rings. The highest BCUT2D eigenvalue weighted by Gasteiger charge is 2.05. The van der Waals surface area contributed by atoms with Crippen LogP contribution in [-0.2, 0) is 13.1 Å². The van der Waals surface area contributed by atoms with Crippen molar-refractivity contribution < 1.29 is 14.7 Å².